The Morgan fingerprint density at radius 2 is 1.73 bits per heavy atom. The lowest BCUT2D eigenvalue weighted by molar-refractivity contribution is -0.0123. The fraction of sp³-hybridized carbons (Fsp3) is 0.323. The second-order valence-corrected chi connectivity index (χ2v) is 9.81. The zero-order valence-electron chi connectivity index (χ0n) is 22.8. The molecule has 0 saturated heterocycles. The van der Waals surface area contributed by atoms with Crippen molar-refractivity contribution >= 4 is 11.0 Å². The molecule has 1 aliphatic rings. The summed E-state index contributed by atoms with van der Waals surface area (Å²) in [6.07, 6.45) is 2.89. The van der Waals surface area contributed by atoms with E-state index in [0.717, 1.165) is 31.7 Å². The second kappa shape index (κ2) is 11.9. The Kier molecular flexibility index (Phi) is 8.11. The molecular weight excluding hydrogens is 532 g/mol. The maximum atomic E-state index is 12.8. The molecule has 10 nitrogen and oxygen atoms in total. The van der Waals surface area contributed by atoms with Gasteiger partial charge in [0.05, 0.1) is 20.3 Å². The van der Waals surface area contributed by atoms with Gasteiger partial charge in [-0.1, -0.05) is 32.3 Å². The summed E-state index contributed by atoms with van der Waals surface area (Å²) >= 11 is 0. The van der Waals surface area contributed by atoms with Crippen LogP contribution in [-0.2, 0) is 0 Å². The van der Waals surface area contributed by atoms with Crippen molar-refractivity contribution in [2.24, 2.45) is 0 Å². The normalized spacial score (nSPS) is 16.1. The Balaban J connectivity index is 1.45. The summed E-state index contributed by atoms with van der Waals surface area (Å²) < 4.78 is 29.5. The predicted molar refractivity (Wildman–Crippen MR) is 150 cm³/mol. The van der Waals surface area contributed by atoms with Gasteiger partial charge in [0.1, 0.15) is 22.5 Å². The molecule has 0 saturated carbocycles. The molecule has 4 N–H and O–H groups in total. The number of aliphatic hydroxyl groups excluding tert-OH is 1. The lowest BCUT2D eigenvalue weighted by Crippen LogP contribution is -2.36. The minimum Gasteiger partial charge on any atom is -0.508 e. The summed E-state index contributed by atoms with van der Waals surface area (Å²) in [6.45, 7) is 2.41. The number of hydrogen-bond donors (Lipinski definition) is 4. The largest absolute Gasteiger partial charge is 0.508 e. The van der Waals surface area contributed by atoms with Crippen molar-refractivity contribution in [3.63, 3.8) is 0 Å². The van der Waals surface area contributed by atoms with Gasteiger partial charge in [0.15, 0.2) is 41.0 Å². The monoisotopic (exact) mass is 564 g/mol. The Hall–Kier alpha value is -4.57. The highest BCUT2D eigenvalue weighted by molar-refractivity contribution is 5.88. The van der Waals surface area contributed by atoms with E-state index in [1.54, 1.807) is 31.4 Å². The van der Waals surface area contributed by atoms with E-state index in [0.29, 0.717) is 29.4 Å². The average Bonchev–Trinajstić information content (AvgIpc) is 2.97. The summed E-state index contributed by atoms with van der Waals surface area (Å²) in [5, 5.41) is 40.4. The van der Waals surface area contributed by atoms with Gasteiger partial charge in [0.25, 0.3) is 0 Å². The van der Waals surface area contributed by atoms with E-state index >= 15 is 0 Å². The van der Waals surface area contributed by atoms with Crippen molar-refractivity contribution in [1.82, 2.24) is 0 Å². The van der Waals surface area contributed by atoms with Crippen LogP contribution in [-0.4, -0.2) is 46.9 Å². The molecule has 4 aromatic rings. The quantitative estimate of drug-likeness (QED) is 0.184. The highest BCUT2D eigenvalue weighted by Crippen LogP contribution is 2.44. The minimum absolute atomic E-state index is 0.104. The molecule has 1 aromatic heterocycles. The number of aliphatic hydroxyl groups is 1. The molecule has 1 aliphatic heterocycles. The first-order valence-electron chi connectivity index (χ1n) is 13.5. The average molecular weight is 565 g/mol. The van der Waals surface area contributed by atoms with Crippen LogP contribution >= 0.6 is 0 Å². The van der Waals surface area contributed by atoms with Gasteiger partial charge in [-0.2, -0.15) is 0 Å². The Morgan fingerprint density at radius 1 is 0.902 bits per heavy atom. The van der Waals surface area contributed by atoms with Crippen LogP contribution in [0.4, 0.5) is 0 Å². The van der Waals surface area contributed by atoms with E-state index < -0.39 is 29.1 Å². The molecule has 0 bridgehead atoms. The first-order chi connectivity index (χ1) is 19.8. The van der Waals surface area contributed by atoms with Gasteiger partial charge in [0, 0.05) is 23.3 Å². The number of phenols is 2. The van der Waals surface area contributed by atoms with E-state index in [2.05, 4.69) is 6.92 Å². The molecule has 0 fully saturated rings. The SMILES string of the molecule is CCCCCCOc1ccc(C2Oc3cc(-c4oc5cc(O)cc(O)c5c(=O)c4O)ccc3OC2CO)cc1OC. The third-order valence-corrected chi connectivity index (χ3v) is 6.96. The fourth-order valence-electron chi connectivity index (χ4n) is 4.85. The van der Waals surface area contributed by atoms with Crippen LogP contribution in [0.25, 0.3) is 22.3 Å². The van der Waals surface area contributed by atoms with Gasteiger partial charge < -0.3 is 43.8 Å². The lowest BCUT2D eigenvalue weighted by atomic mass is 10.0. The van der Waals surface area contributed by atoms with E-state index in [4.69, 9.17) is 23.4 Å². The van der Waals surface area contributed by atoms with Gasteiger partial charge in [-0.05, 0) is 36.8 Å². The van der Waals surface area contributed by atoms with Crippen molar-refractivity contribution in [2.75, 3.05) is 20.3 Å². The zero-order chi connectivity index (χ0) is 29.1. The number of rotatable bonds is 10. The van der Waals surface area contributed by atoms with Crippen molar-refractivity contribution in [3.05, 3.63) is 64.3 Å². The van der Waals surface area contributed by atoms with Crippen LogP contribution in [0, 0.1) is 0 Å². The molecule has 3 aromatic carbocycles. The Bertz CT molecular complexity index is 1610. The first kappa shape index (κ1) is 28.0. The number of fused-ring (bicyclic) bond motifs is 2. The molecule has 0 spiro atoms. The smallest absolute Gasteiger partial charge is 0.238 e. The van der Waals surface area contributed by atoms with Crippen LogP contribution in [0.2, 0.25) is 0 Å². The number of hydrogen-bond acceptors (Lipinski definition) is 10. The van der Waals surface area contributed by atoms with E-state index in [-0.39, 0.29) is 40.4 Å². The van der Waals surface area contributed by atoms with E-state index in [1.807, 2.05) is 6.07 Å². The number of benzene rings is 3. The highest BCUT2D eigenvalue weighted by Gasteiger charge is 2.34. The predicted octanol–water partition coefficient (Wildman–Crippen LogP) is 5.42. The highest BCUT2D eigenvalue weighted by atomic mass is 16.6. The third-order valence-electron chi connectivity index (χ3n) is 6.96. The maximum absolute atomic E-state index is 12.8. The molecule has 5 rings (SSSR count). The third kappa shape index (κ3) is 5.55. The Morgan fingerprint density at radius 3 is 2.49 bits per heavy atom. The van der Waals surface area contributed by atoms with Crippen molar-refractivity contribution < 1.29 is 43.8 Å². The number of aromatic hydroxyl groups is 3. The standard InChI is InChI=1S/C31H32O10/c1-3-4-5-6-11-38-21-9-7-17(12-23(21)37-2)30-26(16-32)39-22-10-8-18(13-24(22)40-30)31-29(36)28(35)27-20(34)14-19(33)15-25(27)41-31/h7-10,12-15,26,30,32-34,36H,3-6,11,16H2,1-2H3. The number of phenolic OH excluding ortho intramolecular Hbond substituents is 2. The fourth-order valence-corrected chi connectivity index (χ4v) is 4.85. The summed E-state index contributed by atoms with van der Waals surface area (Å²) in [5.41, 5.74) is 0.0124. The van der Waals surface area contributed by atoms with E-state index in [1.165, 1.54) is 12.1 Å². The molecule has 2 heterocycles. The second-order valence-electron chi connectivity index (χ2n) is 9.81. The number of unbranched alkanes of at least 4 members (excludes halogenated alkanes) is 3. The van der Waals surface area contributed by atoms with Crippen LogP contribution in [0.3, 0.4) is 0 Å². The molecule has 0 amide bonds. The summed E-state index contributed by atoms with van der Waals surface area (Å²) in [4.78, 5) is 12.8. The number of methoxy groups -OCH3 is 1. The van der Waals surface area contributed by atoms with Crippen LogP contribution in [0.5, 0.6) is 40.2 Å². The van der Waals surface area contributed by atoms with Gasteiger partial charge in [-0.15, -0.1) is 0 Å². The summed E-state index contributed by atoms with van der Waals surface area (Å²) in [7, 11) is 1.55. The molecular formula is C31H32O10. The van der Waals surface area contributed by atoms with E-state index in [9.17, 15) is 25.2 Å². The van der Waals surface area contributed by atoms with Gasteiger partial charge in [-0.3, -0.25) is 4.79 Å². The molecule has 41 heavy (non-hydrogen) atoms. The van der Waals surface area contributed by atoms with Crippen LogP contribution in [0.1, 0.15) is 44.3 Å². The van der Waals surface area contributed by atoms with Crippen molar-refractivity contribution in [1.29, 1.82) is 0 Å². The Labute approximate surface area is 235 Å². The van der Waals surface area contributed by atoms with Gasteiger partial charge in [-0.25, -0.2) is 0 Å². The first-order valence-corrected chi connectivity index (χ1v) is 13.5. The zero-order valence-corrected chi connectivity index (χ0v) is 22.8. The molecule has 216 valence electrons. The maximum Gasteiger partial charge on any atom is 0.238 e. The van der Waals surface area contributed by atoms with Crippen LogP contribution < -0.4 is 24.4 Å². The minimum atomic E-state index is -0.855. The molecule has 0 radical (unpaired) electrons. The molecule has 2 unspecified atom stereocenters. The molecule has 10 heteroatoms. The van der Waals surface area contributed by atoms with Crippen LogP contribution in [0.15, 0.2) is 57.7 Å². The number of ether oxygens (including phenoxy) is 4. The van der Waals surface area contributed by atoms with Crippen molar-refractivity contribution in [3.8, 4) is 51.6 Å². The van der Waals surface area contributed by atoms with Gasteiger partial charge >= 0.3 is 0 Å². The lowest BCUT2D eigenvalue weighted by Gasteiger charge is -2.33. The van der Waals surface area contributed by atoms with Gasteiger partial charge in [0.2, 0.25) is 11.2 Å². The molecule has 2 atom stereocenters. The topological polar surface area (TPSA) is 148 Å². The molecule has 0 aliphatic carbocycles. The van der Waals surface area contributed by atoms with Crippen molar-refractivity contribution in [2.45, 2.75) is 44.8 Å². The summed E-state index contributed by atoms with van der Waals surface area (Å²) in [5.74, 6) is 0.0436. The summed E-state index contributed by atoms with van der Waals surface area (Å²) in [6, 6.07) is 12.2.